The summed E-state index contributed by atoms with van der Waals surface area (Å²) in [6.45, 7) is 2.87. The molecule has 2 amide bonds. The number of hydrogen-bond acceptors (Lipinski definition) is 7. The van der Waals surface area contributed by atoms with Crippen LogP contribution in [0.15, 0.2) is 91.0 Å². The van der Waals surface area contributed by atoms with Crippen LogP contribution in [0.25, 0.3) is 10.8 Å². The molecular formula is C37H43N3O6. The molecule has 4 unspecified atom stereocenters. The second kappa shape index (κ2) is 15.9. The van der Waals surface area contributed by atoms with Gasteiger partial charge in [0.05, 0.1) is 18.8 Å². The predicted octanol–water partition coefficient (Wildman–Crippen LogP) is 6.57. The number of aliphatic hydroxyl groups excluding tert-OH is 1. The van der Waals surface area contributed by atoms with Gasteiger partial charge < -0.3 is 19.9 Å². The van der Waals surface area contributed by atoms with Crippen LogP contribution in [0.1, 0.15) is 79.7 Å². The first-order valence-corrected chi connectivity index (χ1v) is 15.8. The molecule has 0 bridgehead atoms. The number of ether oxygens (including phenoxy) is 2. The van der Waals surface area contributed by atoms with Crippen LogP contribution in [-0.4, -0.2) is 46.7 Å². The third kappa shape index (κ3) is 8.78. The van der Waals surface area contributed by atoms with Crippen molar-refractivity contribution in [3.8, 4) is 0 Å². The minimum absolute atomic E-state index is 0.0197. The summed E-state index contributed by atoms with van der Waals surface area (Å²) in [7, 11) is 2.12. The maximum Gasteiger partial charge on any atom is 0.243 e. The average Bonchev–Trinajstić information content (AvgIpc) is 3.09. The molecule has 4 aromatic carbocycles. The molecule has 1 aliphatic heterocycles. The van der Waals surface area contributed by atoms with Gasteiger partial charge in [-0.25, -0.2) is 5.48 Å². The fraction of sp³-hybridized carbons (Fsp3) is 0.351. The highest BCUT2D eigenvalue weighted by molar-refractivity contribution is 5.90. The minimum atomic E-state index is -0.653. The highest BCUT2D eigenvalue weighted by Crippen LogP contribution is 2.39. The molecule has 0 radical (unpaired) electrons. The maximum absolute atomic E-state index is 12.6. The van der Waals surface area contributed by atoms with Crippen molar-refractivity contribution < 1.29 is 29.4 Å². The van der Waals surface area contributed by atoms with Crippen LogP contribution < -0.4 is 10.8 Å². The zero-order chi connectivity index (χ0) is 32.5. The smallest absolute Gasteiger partial charge is 0.243 e. The van der Waals surface area contributed by atoms with E-state index in [1.165, 1.54) is 16.3 Å². The van der Waals surface area contributed by atoms with Crippen molar-refractivity contribution in [2.24, 2.45) is 0 Å². The Balaban J connectivity index is 1.29. The van der Waals surface area contributed by atoms with Gasteiger partial charge in [-0.15, -0.1) is 0 Å². The molecule has 9 heteroatoms. The van der Waals surface area contributed by atoms with Crippen molar-refractivity contribution in [1.29, 1.82) is 0 Å². The van der Waals surface area contributed by atoms with Gasteiger partial charge in [0, 0.05) is 43.1 Å². The van der Waals surface area contributed by atoms with Crippen molar-refractivity contribution >= 4 is 28.3 Å². The summed E-state index contributed by atoms with van der Waals surface area (Å²) in [6.07, 6.45) is 1.09. The molecular weight excluding hydrogens is 582 g/mol. The molecule has 46 heavy (non-hydrogen) atoms. The molecule has 4 aromatic rings. The molecule has 0 spiro atoms. The van der Waals surface area contributed by atoms with Gasteiger partial charge in [-0.05, 0) is 72.5 Å². The van der Waals surface area contributed by atoms with Gasteiger partial charge in [0.25, 0.3) is 0 Å². The fourth-order valence-corrected chi connectivity index (χ4v) is 5.85. The number of hydroxylamine groups is 1. The Morgan fingerprint density at radius 2 is 1.61 bits per heavy atom. The molecule has 9 nitrogen and oxygen atoms in total. The van der Waals surface area contributed by atoms with E-state index >= 15 is 0 Å². The second-order valence-electron chi connectivity index (χ2n) is 12.0. The number of rotatable bonds is 13. The summed E-state index contributed by atoms with van der Waals surface area (Å²) in [4.78, 5) is 26.1. The number of unbranched alkanes of at least 4 members (excludes halogenated alkanes) is 1. The number of aliphatic hydroxyl groups is 1. The number of carbonyl (C=O) groups is 2. The number of benzene rings is 4. The topological polar surface area (TPSA) is 120 Å². The summed E-state index contributed by atoms with van der Waals surface area (Å²) in [6, 6.07) is 30.5. The number of likely N-dealkylation sites (N-methyl/N-ethyl adjacent to an activating group) is 1. The molecule has 0 aliphatic carbocycles. The first-order valence-electron chi connectivity index (χ1n) is 15.8. The number of carbonyl (C=O) groups excluding carboxylic acids is 2. The lowest BCUT2D eigenvalue weighted by Crippen LogP contribution is -2.38. The van der Waals surface area contributed by atoms with Crippen LogP contribution in [0.4, 0.5) is 5.69 Å². The third-order valence-electron chi connectivity index (χ3n) is 8.65. The van der Waals surface area contributed by atoms with Gasteiger partial charge in [-0.3, -0.25) is 19.7 Å². The number of amides is 2. The molecule has 5 rings (SSSR count). The van der Waals surface area contributed by atoms with E-state index in [2.05, 4.69) is 66.7 Å². The van der Waals surface area contributed by atoms with Crippen LogP contribution in [0.2, 0.25) is 0 Å². The van der Waals surface area contributed by atoms with E-state index in [-0.39, 0.29) is 43.6 Å². The van der Waals surface area contributed by atoms with Crippen molar-refractivity contribution in [3.63, 3.8) is 0 Å². The van der Waals surface area contributed by atoms with E-state index in [1.807, 2.05) is 48.5 Å². The monoisotopic (exact) mass is 625 g/mol. The van der Waals surface area contributed by atoms with Crippen LogP contribution in [0.5, 0.6) is 0 Å². The molecule has 1 saturated heterocycles. The Bertz CT molecular complexity index is 1610. The highest BCUT2D eigenvalue weighted by atomic mass is 16.7. The van der Waals surface area contributed by atoms with Crippen LogP contribution in [0, 0.1) is 0 Å². The standard InChI is InChI=1S/C37H43N3O6/c1-25(29-19-18-27-8-3-4-9-30(27)20-29)40(2)23-33-22-34(28-16-14-26(24-41)15-17-28)46-37(45-33)31-10-7-11-32(21-31)38-35(42)12-5-6-13-36(43)39-44/h3-4,7-11,14-21,25,33-34,37,41,44H,5-6,12-13,22-24H2,1-2H3,(H,38,42)(H,39,43). The van der Waals surface area contributed by atoms with Gasteiger partial charge in [0.1, 0.15) is 0 Å². The first kappa shape index (κ1) is 33.2. The minimum Gasteiger partial charge on any atom is -0.392 e. The van der Waals surface area contributed by atoms with Crippen molar-refractivity contribution in [3.05, 3.63) is 113 Å². The zero-order valence-electron chi connectivity index (χ0n) is 26.4. The summed E-state index contributed by atoms with van der Waals surface area (Å²) in [5, 5.41) is 23.5. The summed E-state index contributed by atoms with van der Waals surface area (Å²) in [5.74, 6) is -0.619. The fourth-order valence-electron chi connectivity index (χ4n) is 5.85. The number of anilines is 1. The maximum atomic E-state index is 12.6. The Hall–Kier alpha value is -4.12. The summed E-state index contributed by atoms with van der Waals surface area (Å²) < 4.78 is 13.1. The van der Waals surface area contributed by atoms with Gasteiger partial charge in [0.2, 0.25) is 11.8 Å². The van der Waals surface area contributed by atoms with Gasteiger partial charge in [-0.1, -0.05) is 72.8 Å². The normalized spacial score (nSPS) is 18.8. The van der Waals surface area contributed by atoms with Crippen molar-refractivity contribution in [2.75, 3.05) is 18.9 Å². The second-order valence-corrected chi connectivity index (χ2v) is 12.0. The molecule has 1 aliphatic rings. The van der Waals surface area contributed by atoms with Crippen LogP contribution in [0.3, 0.4) is 0 Å². The number of hydrogen-bond donors (Lipinski definition) is 4. The SMILES string of the molecule is CC(c1ccc2ccccc2c1)N(C)CC1CC(c2ccc(CO)cc2)OC(c2cccc(NC(=O)CCCCC(=O)NO)c2)O1. The van der Waals surface area contributed by atoms with Gasteiger partial charge in [-0.2, -0.15) is 0 Å². The largest absolute Gasteiger partial charge is 0.392 e. The quantitative estimate of drug-likeness (QED) is 0.0753. The molecule has 0 aromatic heterocycles. The molecule has 1 fully saturated rings. The van der Waals surface area contributed by atoms with Gasteiger partial charge >= 0.3 is 0 Å². The predicted molar refractivity (Wildman–Crippen MR) is 177 cm³/mol. The van der Waals surface area contributed by atoms with Crippen molar-refractivity contribution in [1.82, 2.24) is 10.4 Å². The molecule has 4 atom stereocenters. The molecule has 0 saturated carbocycles. The molecule has 1 heterocycles. The lowest BCUT2D eigenvalue weighted by Gasteiger charge is -2.39. The third-order valence-corrected chi connectivity index (χ3v) is 8.65. The van der Waals surface area contributed by atoms with E-state index in [9.17, 15) is 14.7 Å². The van der Waals surface area contributed by atoms with E-state index in [4.69, 9.17) is 14.7 Å². The van der Waals surface area contributed by atoms with E-state index in [0.29, 0.717) is 31.5 Å². The number of nitrogens with one attached hydrogen (secondary N) is 2. The zero-order valence-corrected chi connectivity index (χ0v) is 26.4. The Kier molecular flexibility index (Phi) is 11.5. The Morgan fingerprint density at radius 3 is 2.35 bits per heavy atom. The molecule has 242 valence electrons. The Morgan fingerprint density at radius 1 is 0.870 bits per heavy atom. The van der Waals surface area contributed by atoms with E-state index in [1.54, 1.807) is 5.48 Å². The lowest BCUT2D eigenvalue weighted by molar-refractivity contribution is -0.253. The lowest BCUT2D eigenvalue weighted by atomic mass is 9.98. The van der Waals surface area contributed by atoms with Gasteiger partial charge in [0.15, 0.2) is 6.29 Å². The molecule has 4 N–H and O–H groups in total. The van der Waals surface area contributed by atoms with E-state index < -0.39 is 12.2 Å². The number of fused-ring (bicyclic) bond motifs is 1. The first-order chi connectivity index (χ1) is 22.3. The highest BCUT2D eigenvalue weighted by Gasteiger charge is 2.33. The van der Waals surface area contributed by atoms with Crippen molar-refractivity contribution in [2.45, 2.75) is 70.2 Å². The average molecular weight is 626 g/mol. The summed E-state index contributed by atoms with van der Waals surface area (Å²) >= 11 is 0. The number of nitrogens with zero attached hydrogens (tertiary/aromatic N) is 1. The summed E-state index contributed by atoms with van der Waals surface area (Å²) in [5.41, 5.74) is 6.13. The van der Waals surface area contributed by atoms with Crippen LogP contribution in [-0.2, 0) is 25.7 Å². The Labute approximate surface area is 270 Å². The van der Waals surface area contributed by atoms with E-state index in [0.717, 1.165) is 16.7 Å². The van der Waals surface area contributed by atoms with Crippen LogP contribution >= 0.6 is 0 Å².